The fourth-order valence-electron chi connectivity index (χ4n) is 0.746. The summed E-state index contributed by atoms with van der Waals surface area (Å²) in [7, 11) is 0. The summed E-state index contributed by atoms with van der Waals surface area (Å²) in [4.78, 5) is 0. The van der Waals surface area contributed by atoms with Crippen LogP contribution in [-0.2, 0) is 0 Å². The van der Waals surface area contributed by atoms with Crippen molar-refractivity contribution in [1.82, 2.24) is 0 Å². The first kappa shape index (κ1) is 8.81. The number of aliphatic hydroxyl groups excluding tert-OH is 1. The van der Waals surface area contributed by atoms with Gasteiger partial charge in [0.2, 0.25) is 0 Å². The first-order valence-corrected chi connectivity index (χ1v) is 3.80. The lowest BCUT2D eigenvalue weighted by Gasteiger charge is -1.87. The summed E-state index contributed by atoms with van der Waals surface area (Å²) < 4.78 is 4.88. The van der Waals surface area contributed by atoms with Crippen LogP contribution in [-0.4, -0.2) is 11.7 Å². The summed E-state index contributed by atoms with van der Waals surface area (Å²) in [5.74, 6) is 0. The van der Waals surface area contributed by atoms with E-state index in [0.717, 1.165) is 11.1 Å². The highest BCUT2D eigenvalue weighted by Gasteiger charge is 1.84. The Labute approximate surface area is 71.8 Å². The second-order valence-corrected chi connectivity index (χ2v) is 2.59. The highest BCUT2D eigenvalue weighted by molar-refractivity contribution is 5.49. The van der Waals surface area contributed by atoms with Crippen LogP contribution in [0, 0.1) is 0 Å². The fraction of sp³-hybridized carbons (Fsp3) is 0.200. The average molecular weight is 164 g/mol. The van der Waals surface area contributed by atoms with Crippen LogP contribution in [0.25, 0.3) is 6.08 Å². The van der Waals surface area contributed by atoms with Gasteiger partial charge in [-0.2, -0.15) is 0 Å². The van der Waals surface area contributed by atoms with Crippen LogP contribution in [0.15, 0.2) is 40.7 Å². The van der Waals surface area contributed by atoms with Crippen molar-refractivity contribution < 1.29 is 9.52 Å². The average Bonchev–Trinajstić information content (AvgIpc) is 2.57. The number of allylic oxidation sites excluding steroid dienone is 2. The molecular formula is C10H12O2. The molecule has 0 amide bonds. The Morgan fingerprint density at radius 2 is 2.50 bits per heavy atom. The van der Waals surface area contributed by atoms with E-state index in [1.165, 1.54) is 0 Å². The van der Waals surface area contributed by atoms with Crippen molar-refractivity contribution in [2.75, 3.05) is 6.61 Å². The minimum Gasteiger partial charge on any atom is -0.472 e. The molecule has 64 valence electrons. The third-order valence-electron chi connectivity index (χ3n) is 1.46. The lowest BCUT2D eigenvalue weighted by molar-refractivity contribution is 0.331. The van der Waals surface area contributed by atoms with Crippen molar-refractivity contribution in [2.24, 2.45) is 0 Å². The fourth-order valence-corrected chi connectivity index (χ4v) is 0.746. The SMILES string of the molecule is C/C(=C/C=C/c1ccoc1)CO. The molecule has 12 heavy (non-hydrogen) atoms. The molecule has 0 aliphatic heterocycles. The Morgan fingerprint density at radius 3 is 3.08 bits per heavy atom. The topological polar surface area (TPSA) is 33.4 Å². The van der Waals surface area contributed by atoms with E-state index in [-0.39, 0.29) is 6.61 Å². The monoisotopic (exact) mass is 164 g/mol. The van der Waals surface area contributed by atoms with Crippen molar-refractivity contribution in [2.45, 2.75) is 6.92 Å². The molecule has 0 saturated heterocycles. The van der Waals surface area contributed by atoms with Gasteiger partial charge in [-0.05, 0) is 18.6 Å². The van der Waals surface area contributed by atoms with Crippen LogP contribution >= 0.6 is 0 Å². The van der Waals surface area contributed by atoms with E-state index < -0.39 is 0 Å². The molecule has 0 spiro atoms. The second kappa shape index (κ2) is 4.57. The molecule has 2 nitrogen and oxygen atoms in total. The third kappa shape index (κ3) is 2.76. The maximum absolute atomic E-state index is 8.67. The van der Waals surface area contributed by atoms with Gasteiger partial charge in [0, 0.05) is 5.56 Å². The van der Waals surface area contributed by atoms with Gasteiger partial charge in [-0.1, -0.05) is 18.2 Å². The van der Waals surface area contributed by atoms with Gasteiger partial charge in [0.25, 0.3) is 0 Å². The molecule has 1 heterocycles. The van der Waals surface area contributed by atoms with Gasteiger partial charge in [-0.3, -0.25) is 0 Å². The van der Waals surface area contributed by atoms with E-state index in [1.54, 1.807) is 12.5 Å². The second-order valence-electron chi connectivity index (χ2n) is 2.59. The van der Waals surface area contributed by atoms with Crippen LogP contribution in [0.4, 0.5) is 0 Å². The lowest BCUT2D eigenvalue weighted by Crippen LogP contribution is -1.80. The predicted molar refractivity (Wildman–Crippen MR) is 48.6 cm³/mol. The number of aliphatic hydroxyl groups is 1. The van der Waals surface area contributed by atoms with Crippen molar-refractivity contribution in [3.05, 3.63) is 41.9 Å². The number of hydrogen-bond acceptors (Lipinski definition) is 2. The van der Waals surface area contributed by atoms with Crippen LogP contribution < -0.4 is 0 Å². The molecule has 0 unspecified atom stereocenters. The molecule has 0 aliphatic carbocycles. The van der Waals surface area contributed by atoms with E-state index in [9.17, 15) is 0 Å². The molecule has 0 saturated carbocycles. The Kier molecular flexibility index (Phi) is 3.35. The van der Waals surface area contributed by atoms with E-state index >= 15 is 0 Å². The molecule has 0 bridgehead atoms. The van der Waals surface area contributed by atoms with E-state index in [2.05, 4.69) is 0 Å². The minimum absolute atomic E-state index is 0.107. The summed E-state index contributed by atoms with van der Waals surface area (Å²) in [5, 5.41) is 8.67. The van der Waals surface area contributed by atoms with Crippen LogP contribution in [0.5, 0.6) is 0 Å². The standard InChI is InChI=1S/C10H12O2/c1-9(7-11)3-2-4-10-5-6-12-8-10/h2-6,8,11H,7H2,1H3/b4-2+,9-3-. The van der Waals surface area contributed by atoms with Crippen LogP contribution in [0.3, 0.4) is 0 Å². The highest BCUT2D eigenvalue weighted by atomic mass is 16.3. The summed E-state index contributed by atoms with van der Waals surface area (Å²) >= 11 is 0. The molecule has 0 aliphatic rings. The first-order chi connectivity index (χ1) is 5.83. The first-order valence-electron chi connectivity index (χ1n) is 3.80. The number of furan rings is 1. The quantitative estimate of drug-likeness (QED) is 0.695. The van der Waals surface area contributed by atoms with Crippen LogP contribution in [0.2, 0.25) is 0 Å². The molecule has 0 atom stereocenters. The van der Waals surface area contributed by atoms with E-state index in [0.29, 0.717) is 0 Å². The van der Waals surface area contributed by atoms with Gasteiger partial charge in [0.05, 0.1) is 19.1 Å². The van der Waals surface area contributed by atoms with E-state index in [1.807, 2.05) is 31.2 Å². The Morgan fingerprint density at radius 1 is 1.67 bits per heavy atom. The molecule has 1 N–H and O–H groups in total. The van der Waals surface area contributed by atoms with Crippen molar-refractivity contribution >= 4 is 6.08 Å². The molecule has 2 heteroatoms. The summed E-state index contributed by atoms with van der Waals surface area (Å²) in [6.07, 6.45) is 8.97. The third-order valence-corrected chi connectivity index (χ3v) is 1.46. The van der Waals surface area contributed by atoms with Gasteiger partial charge >= 0.3 is 0 Å². The van der Waals surface area contributed by atoms with Gasteiger partial charge in [-0.25, -0.2) is 0 Å². The molecule has 1 aromatic heterocycles. The molecule has 1 aromatic rings. The number of hydrogen-bond donors (Lipinski definition) is 1. The normalized spacial score (nSPS) is 12.7. The Bertz CT molecular complexity index is 268. The molecule has 1 rings (SSSR count). The van der Waals surface area contributed by atoms with Gasteiger partial charge in [0.15, 0.2) is 0 Å². The minimum atomic E-state index is 0.107. The van der Waals surface area contributed by atoms with Gasteiger partial charge < -0.3 is 9.52 Å². The maximum atomic E-state index is 8.67. The maximum Gasteiger partial charge on any atom is 0.0974 e. The van der Waals surface area contributed by atoms with E-state index in [4.69, 9.17) is 9.52 Å². The molecule has 0 fully saturated rings. The Balaban J connectivity index is 2.52. The summed E-state index contributed by atoms with van der Waals surface area (Å²) in [6.45, 7) is 1.98. The Hall–Kier alpha value is -1.28. The van der Waals surface area contributed by atoms with Crippen LogP contribution in [0.1, 0.15) is 12.5 Å². The van der Waals surface area contributed by atoms with Crippen molar-refractivity contribution in [1.29, 1.82) is 0 Å². The van der Waals surface area contributed by atoms with Gasteiger partial charge in [0.1, 0.15) is 0 Å². The number of rotatable bonds is 3. The zero-order chi connectivity index (χ0) is 8.81. The molecule has 0 aromatic carbocycles. The van der Waals surface area contributed by atoms with Crippen molar-refractivity contribution in [3.63, 3.8) is 0 Å². The largest absolute Gasteiger partial charge is 0.472 e. The lowest BCUT2D eigenvalue weighted by atomic mass is 10.2. The summed E-state index contributed by atoms with van der Waals surface area (Å²) in [6, 6.07) is 1.87. The van der Waals surface area contributed by atoms with Crippen molar-refractivity contribution in [3.8, 4) is 0 Å². The smallest absolute Gasteiger partial charge is 0.0974 e. The predicted octanol–water partition coefficient (Wildman–Crippen LogP) is 2.23. The zero-order valence-electron chi connectivity index (χ0n) is 7.03. The molecule has 0 radical (unpaired) electrons. The van der Waals surface area contributed by atoms with Gasteiger partial charge in [-0.15, -0.1) is 0 Å². The zero-order valence-corrected chi connectivity index (χ0v) is 7.03. The summed E-state index contributed by atoms with van der Waals surface area (Å²) in [5.41, 5.74) is 1.96. The highest BCUT2D eigenvalue weighted by Crippen LogP contribution is 2.02. The molecular weight excluding hydrogens is 152 g/mol.